The average molecular weight is 233 g/mol. The number of hydrogen-bond donors (Lipinski definition) is 0. The van der Waals surface area contributed by atoms with Crippen molar-refractivity contribution >= 4 is 21.9 Å². The molecular formula is C8H6BrFO2. The van der Waals surface area contributed by atoms with Gasteiger partial charge in [0.05, 0.1) is 0 Å². The quantitative estimate of drug-likeness (QED) is 0.578. The summed E-state index contributed by atoms with van der Waals surface area (Å²) in [6.07, 6.45) is 0. The molecule has 0 unspecified atom stereocenters. The second kappa shape index (κ2) is 4.21. The molecule has 0 saturated carbocycles. The van der Waals surface area contributed by atoms with Crippen molar-refractivity contribution in [1.82, 2.24) is 0 Å². The van der Waals surface area contributed by atoms with Crippen LogP contribution in [0.5, 0.6) is 5.75 Å². The maximum absolute atomic E-state index is 11.7. The van der Waals surface area contributed by atoms with Crippen LogP contribution in [0, 0.1) is 0 Å². The smallest absolute Gasteiger partial charge is 0.342 e. The van der Waals surface area contributed by atoms with E-state index in [0.717, 1.165) is 4.47 Å². The summed E-state index contributed by atoms with van der Waals surface area (Å²) >= 11 is 3.21. The SMILES string of the molecule is O=C(CF)Oc1ccc(Br)cc1. The largest absolute Gasteiger partial charge is 0.425 e. The van der Waals surface area contributed by atoms with Crippen LogP contribution in [0.2, 0.25) is 0 Å². The summed E-state index contributed by atoms with van der Waals surface area (Å²) in [6, 6.07) is 6.58. The lowest BCUT2D eigenvalue weighted by atomic mass is 10.3. The minimum atomic E-state index is -1.10. The number of hydrogen-bond acceptors (Lipinski definition) is 2. The fraction of sp³-hybridized carbons (Fsp3) is 0.125. The molecule has 4 heteroatoms. The van der Waals surface area contributed by atoms with E-state index in [1.54, 1.807) is 24.3 Å². The highest BCUT2D eigenvalue weighted by molar-refractivity contribution is 9.10. The molecule has 0 fully saturated rings. The molecule has 0 heterocycles. The highest BCUT2D eigenvalue weighted by Crippen LogP contribution is 2.15. The zero-order valence-electron chi connectivity index (χ0n) is 6.09. The van der Waals surface area contributed by atoms with Crippen molar-refractivity contribution in [3.8, 4) is 5.75 Å². The van der Waals surface area contributed by atoms with E-state index in [9.17, 15) is 9.18 Å². The molecule has 0 N–H and O–H groups in total. The highest BCUT2D eigenvalue weighted by Gasteiger charge is 2.01. The zero-order valence-corrected chi connectivity index (χ0v) is 7.67. The molecule has 0 aliphatic heterocycles. The summed E-state index contributed by atoms with van der Waals surface area (Å²) in [6.45, 7) is -1.10. The Morgan fingerprint density at radius 2 is 2.00 bits per heavy atom. The lowest BCUT2D eigenvalue weighted by Gasteiger charge is -2.00. The molecule has 64 valence electrons. The normalized spacial score (nSPS) is 9.50. The molecule has 0 radical (unpaired) electrons. The summed E-state index contributed by atoms with van der Waals surface area (Å²) in [5.74, 6) is -0.529. The zero-order chi connectivity index (χ0) is 8.97. The molecule has 1 aromatic rings. The Bertz CT molecular complexity index is 271. The van der Waals surface area contributed by atoms with E-state index < -0.39 is 12.6 Å². The first-order valence-corrected chi connectivity index (χ1v) is 4.04. The first-order chi connectivity index (χ1) is 5.72. The van der Waals surface area contributed by atoms with Crippen molar-refractivity contribution < 1.29 is 13.9 Å². The Kier molecular flexibility index (Phi) is 3.22. The summed E-state index contributed by atoms with van der Waals surface area (Å²) in [5.41, 5.74) is 0. The van der Waals surface area contributed by atoms with E-state index >= 15 is 0 Å². The van der Waals surface area contributed by atoms with Crippen molar-refractivity contribution in [3.63, 3.8) is 0 Å². The molecule has 0 aromatic heterocycles. The molecule has 0 bridgehead atoms. The van der Waals surface area contributed by atoms with Crippen LogP contribution in [0.1, 0.15) is 0 Å². The van der Waals surface area contributed by atoms with E-state index in [1.165, 1.54) is 0 Å². The summed E-state index contributed by atoms with van der Waals surface area (Å²) < 4.78 is 17.1. The third-order valence-corrected chi connectivity index (χ3v) is 1.68. The molecule has 1 rings (SSSR count). The number of alkyl halides is 1. The predicted octanol–water partition coefficient (Wildman–Crippen LogP) is 2.32. The Balaban J connectivity index is 2.64. The second-order valence-corrected chi connectivity index (χ2v) is 2.98. The highest BCUT2D eigenvalue weighted by atomic mass is 79.9. The number of halogens is 2. The Hall–Kier alpha value is -0.900. The van der Waals surface area contributed by atoms with Crippen molar-refractivity contribution in [2.45, 2.75) is 0 Å². The van der Waals surface area contributed by atoms with Gasteiger partial charge in [-0.1, -0.05) is 15.9 Å². The third kappa shape index (κ3) is 2.62. The van der Waals surface area contributed by atoms with Gasteiger partial charge < -0.3 is 4.74 Å². The van der Waals surface area contributed by atoms with Crippen LogP contribution in [0.4, 0.5) is 4.39 Å². The molecule has 0 saturated heterocycles. The van der Waals surface area contributed by atoms with Gasteiger partial charge in [0.2, 0.25) is 0 Å². The fourth-order valence-electron chi connectivity index (χ4n) is 0.661. The number of esters is 1. The van der Waals surface area contributed by atoms with Crippen LogP contribution in [0.3, 0.4) is 0 Å². The summed E-state index contributed by atoms with van der Waals surface area (Å²) in [7, 11) is 0. The molecule has 0 atom stereocenters. The average Bonchev–Trinajstić information content (AvgIpc) is 2.09. The van der Waals surface area contributed by atoms with E-state index in [1.807, 2.05) is 0 Å². The van der Waals surface area contributed by atoms with Gasteiger partial charge in [0.1, 0.15) is 5.75 Å². The topological polar surface area (TPSA) is 26.3 Å². The third-order valence-electron chi connectivity index (χ3n) is 1.15. The summed E-state index contributed by atoms with van der Waals surface area (Å²) in [5, 5.41) is 0. The van der Waals surface area contributed by atoms with Crippen molar-refractivity contribution in [2.75, 3.05) is 6.67 Å². The number of carbonyl (C=O) groups is 1. The predicted molar refractivity (Wildman–Crippen MR) is 45.8 cm³/mol. The number of carbonyl (C=O) groups excluding carboxylic acids is 1. The molecule has 2 nitrogen and oxygen atoms in total. The van der Waals surface area contributed by atoms with Gasteiger partial charge in [0, 0.05) is 4.47 Å². The van der Waals surface area contributed by atoms with E-state index in [-0.39, 0.29) is 0 Å². The van der Waals surface area contributed by atoms with E-state index in [0.29, 0.717) is 5.75 Å². The van der Waals surface area contributed by atoms with Gasteiger partial charge in [-0.2, -0.15) is 0 Å². The van der Waals surface area contributed by atoms with Gasteiger partial charge in [0.15, 0.2) is 6.67 Å². The first kappa shape index (κ1) is 9.19. The van der Waals surface area contributed by atoms with Crippen LogP contribution < -0.4 is 4.74 Å². The van der Waals surface area contributed by atoms with Gasteiger partial charge in [-0.05, 0) is 24.3 Å². The minimum absolute atomic E-state index is 0.348. The molecule has 12 heavy (non-hydrogen) atoms. The van der Waals surface area contributed by atoms with Crippen LogP contribution in [-0.4, -0.2) is 12.6 Å². The number of rotatable bonds is 2. The first-order valence-electron chi connectivity index (χ1n) is 3.24. The molecule has 0 aliphatic rings. The lowest BCUT2D eigenvalue weighted by molar-refractivity contribution is -0.135. The molecule has 0 spiro atoms. The number of benzene rings is 1. The van der Waals surface area contributed by atoms with Crippen LogP contribution in [0.15, 0.2) is 28.7 Å². The van der Waals surface area contributed by atoms with Gasteiger partial charge >= 0.3 is 5.97 Å². The van der Waals surface area contributed by atoms with Crippen molar-refractivity contribution in [2.24, 2.45) is 0 Å². The number of ether oxygens (including phenoxy) is 1. The Morgan fingerprint density at radius 1 is 1.42 bits per heavy atom. The van der Waals surface area contributed by atoms with Gasteiger partial charge in [0.25, 0.3) is 0 Å². The Morgan fingerprint density at radius 3 is 2.50 bits per heavy atom. The van der Waals surface area contributed by atoms with Crippen molar-refractivity contribution in [1.29, 1.82) is 0 Å². The maximum Gasteiger partial charge on any atom is 0.342 e. The van der Waals surface area contributed by atoms with Crippen LogP contribution in [-0.2, 0) is 4.79 Å². The monoisotopic (exact) mass is 232 g/mol. The summed E-state index contributed by atoms with van der Waals surface area (Å²) in [4.78, 5) is 10.5. The standard InChI is InChI=1S/C8H6BrFO2/c9-6-1-3-7(4-2-6)12-8(11)5-10/h1-4H,5H2. The molecule has 1 aromatic carbocycles. The van der Waals surface area contributed by atoms with Gasteiger partial charge in [-0.15, -0.1) is 0 Å². The van der Waals surface area contributed by atoms with Crippen LogP contribution >= 0.6 is 15.9 Å². The van der Waals surface area contributed by atoms with Gasteiger partial charge in [-0.3, -0.25) is 0 Å². The van der Waals surface area contributed by atoms with Crippen molar-refractivity contribution in [3.05, 3.63) is 28.7 Å². The fourth-order valence-corrected chi connectivity index (χ4v) is 0.926. The molecular weight excluding hydrogens is 227 g/mol. The maximum atomic E-state index is 11.7. The Labute approximate surface area is 77.5 Å². The second-order valence-electron chi connectivity index (χ2n) is 2.06. The molecule has 0 amide bonds. The van der Waals surface area contributed by atoms with E-state index in [4.69, 9.17) is 0 Å². The minimum Gasteiger partial charge on any atom is -0.425 e. The van der Waals surface area contributed by atoms with E-state index in [2.05, 4.69) is 20.7 Å². The van der Waals surface area contributed by atoms with Gasteiger partial charge in [-0.25, -0.2) is 9.18 Å². The lowest BCUT2D eigenvalue weighted by Crippen LogP contribution is -2.09. The van der Waals surface area contributed by atoms with Crippen LogP contribution in [0.25, 0.3) is 0 Å². The molecule has 0 aliphatic carbocycles.